The molecule has 0 heterocycles. The van der Waals surface area contributed by atoms with Crippen molar-refractivity contribution < 1.29 is 6.94 Å². The quantitative estimate of drug-likeness (QED) is 0.544. The molecule has 1 aromatic carbocycles. The lowest BCUT2D eigenvalue weighted by Crippen LogP contribution is -1.98. The number of hydrogen-bond donors (Lipinski definition) is 1. The van der Waals surface area contributed by atoms with Gasteiger partial charge in [0.1, 0.15) is 0 Å². The van der Waals surface area contributed by atoms with Crippen molar-refractivity contribution in [2.45, 2.75) is 12.8 Å². The van der Waals surface area contributed by atoms with Crippen LogP contribution in [-0.2, 0) is 12.8 Å². The first-order chi connectivity index (χ1) is 8.45. The molecule has 1 aromatic rings. The van der Waals surface area contributed by atoms with Crippen LogP contribution in [0.5, 0.6) is 0 Å². The van der Waals surface area contributed by atoms with Gasteiger partial charge in [0, 0.05) is 5.69 Å². The van der Waals surface area contributed by atoms with Gasteiger partial charge in [-0.2, -0.15) is 0 Å². The Morgan fingerprint density at radius 3 is 2.77 bits per heavy atom. The predicted octanol–water partition coefficient (Wildman–Crippen LogP) is 2.73. The van der Waals surface area contributed by atoms with Gasteiger partial charge in [-0.05, 0) is 30.0 Å². The van der Waals surface area contributed by atoms with Gasteiger partial charge in [-0.15, -0.1) is 13.2 Å². The molecule has 0 fully saturated rings. The number of anilines is 1. The molecule has 0 aliphatic heterocycles. The van der Waals surface area contributed by atoms with Gasteiger partial charge in [-0.3, -0.25) is 0 Å². The number of allylic oxidation sites excluding steroid dienone is 2. The molecule has 13 heavy (non-hydrogen) atoms. The van der Waals surface area contributed by atoms with Crippen LogP contribution in [0.25, 0.3) is 0 Å². The number of rotatable bonds is 5. The second-order valence-electron chi connectivity index (χ2n) is 2.67. The van der Waals surface area contributed by atoms with Gasteiger partial charge in [0.2, 0.25) is 0 Å². The molecule has 0 radical (unpaired) electrons. The van der Waals surface area contributed by atoms with E-state index in [0.29, 0.717) is 29.7 Å². The molecular formula is C12H15N. The van der Waals surface area contributed by atoms with Gasteiger partial charge in [-0.1, -0.05) is 24.2 Å². The van der Waals surface area contributed by atoms with Crippen LogP contribution in [0.3, 0.4) is 0 Å². The molecule has 2 N–H and O–H groups in total. The molecule has 0 atom stereocenters. The maximum atomic E-state index is 7.87. The van der Waals surface area contributed by atoms with Crippen LogP contribution in [0, 0.1) is 0 Å². The summed E-state index contributed by atoms with van der Waals surface area (Å²) in [4.78, 5) is 0. The number of nitrogens with two attached hydrogens (primary N) is 1. The zero-order valence-corrected chi connectivity index (χ0v) is 7.43. The van der Waals surface area contributed by atoms with Gasteiger partial charge in [0.05, 0.1) is 4.11 Å². The van der Waals surface area contributed by atoms with E-state index < -0.39 is 0 Å². The summed E-state index contributed by atoms with van der Waals surface area (Å²) in [5, 5.41) is 0. The van der Waals surface area contributed by atoms with Crippen molar-refractivity contribution in [3.63, 3.8) is 0 Å². The standard InChI is InChI=1S/C12H15N/c1-3-6-10-8-5-9-12(13)11(10)7-4-2/h3-5,8-9H,1-2,6-7,13H2/i5D,8D,9D/hD2. The van der Waals surface area contributed by atoms with Crippen molar-refractivity contribution in [1.82, 2.24) is 0 Å². The summed E-state index contributed by atoms with van der Waals surface area (Å²) in [5.74, 6) is 0. The molecule has 0 saturated carbocycles. The summed E-state index contributed by atoms with van der Waals surface area (Å²) >= 11 is 0. The summed E-state index contributed by atoms with van der Waals surface area (Å²) in [6.07, 6.45) is 3.92. The number of nitrogen functional groups attached to an aromatic ring is 1. The van der Waals surface area contributed by atoms with E-state index in [1.54, 1.807) is 12.2 Å². The van der Waals surface area contributed by atoms with E-state index in [-0.39, 0.29) is 23.8 Å². The number of hydrogen-bond acceptors (Lipinski definition) is 1. The van der Waals surface area contributed by atoms with E-state index >= 15 is 0 Å². The van der Waals surface area contributed by atoms with Crippen molar-refractivity contribution in [3.05, 3.63) is 54.6 Å². The van der Waals surface area contributed by atoms with Crippen LogP contribution >= 0.6 is 0 Å². The zero-order chi connectivity index (χ0) is 13.9. The Hall–Kier alpha value is -1.50. The van der Waals surface area contributed by atoms with Gasteiger partial charge < -0.3 is 5.72 Å². The zero-order valence-electron chi connectivity index (χ0n) is 12.4. The Balaban J connectivity index is 3.67. The molecule has 68 valence electrons. The molecule has 0 bridgehead atoms. The van der Waals surface area contributed by atoms with Crippen LogP contribution in [0.2, 0.25) is 2.82 Å². The largest absolute Gasteiger partial charge is 0.398 e. The summed E-state index contributed by atoms with van der Waals surface area (Å²) in [5.41, 5.74) is 1.42. The fraction of sp³-hybridized carbons (Fsp3) is 0.167. The molecule has 0 aliphatic rings. The molecule has 0 saturated heterocycles. The SMILES string of the molecule is [2H]c1c([2H])c(CC=C)c(CC=C)c(N([2H])[2H])c1[2H]. The Labute approximate surface area is 86.7 Å². The average Bonchev–Trinajstić information content (AvgIpc) is 2.31. The van der Waals surface area contributed by atoms with E-state index in [0.717, 1.165) is 0 Å². The fourth-order valence-electron chi connectivity index (χ4n) is 1.14. The number of benzene rings is 1. The maximum absolute atomic E-state index is 7.87. The van der Waals surface area contributed by atoms with Gasteiger partial charge in [0.25, 0.3) is 0 Å². The van der Waals surface area contributed by atoms with Crippen molar-refractivity contribution in [2.24, 2.45) is 0 Å². The lowest BCUT2D eigenvalue weighted by Gasteiger charge is -2.08. The first-order valence-electron chi connectivity index (χ1n) is 6.46. The molecule has 1 rings (SSSR count). The summed E-state index contributed by atoms with van der Waals surface area (Å²) < 4.78 is 38.0. The highest BCUT2D eigenvalue weighted by Crippen LogP contribution is 2.18. The predicted molar refractivity (Wildman–Crippen MR) is 58.7 cm³/mol. The molecule has 1 heteroatoms. The second kappa shape index (κ2) is 4.51. The minimum atomic E-state index is -0.269. The fourth-order valence-corrected chi connectivity index (χ4v) is 1.14. The first-order valence-corrected chi connectivity index (χ1v) is 4.06. The van der Waals surface area contributed by atoms with E-state index in [1.807, 2.05) is 0 Å². The van der Waals surface area contributed by atoms with Crippen LogP contribution in [0.4, 0.5) is 5.69 Å². The third kappa shape index (κ3) is 2.22. The summed E-state index contributed by atoms with van der Waals surface area (Å²) in [7, 11) is 0. The van der Waals surface area contributed by atoms with Crippen molar-refractivity contribution >= 4 is 5.69 Å². The average molecular weight is 178 g/mol. The van der Waals surface area contributed by atoms with Crippen LogP contribution in [-0.4, -0.2) is 0 Å². The van der Waals surface area contributed by atoms with Crippen molar-refractivity contribution in [2.75, 3.05) is 5.72 Å². The first kappa shape index (κ1) is 4.66. The monoisotopic (exact) mass is 178 g/mol. The van der Waals surface area contributed by atoms with Crippen LogP contribution < -0.4 is 5.72 Å². The van der Waals surface area contributed by atoms with Crippen LogP contribution in [0.1, 0.15) is 15.2 Å². The maximum Gasteiger partial charge on any atom is 0.156 e. The Kier molecular flexibility index (Phi) is 1.61. The normalized spacial score (nSPS) is 14.6. The summed E-state index contributed by atoms with van der Waals surface area (Å²) in [6.45, 7) is 7.20. The Bertz CT molecular complexity index is 482. The van der Waals surface area contributed by atoms with Crippen LogP contribution in [0.15, 0.2) is 43.4 Å². The molecule has 0 aliphatic carbocycles. The lowest BCUT2D eigenvalue weighted by atomic mass is 10.00. The molecular weight excluding hydrogens is 158 g/mol. The van der Waals surface area contributed by atoms with E-state index in [9.17, 15) is 0 Å². The van der Waals surface area contributed by atoms with Gasteiger partial charge in [-0.25, -0.2) is 0 Å². The lowest BCUT2D eigenvalue weighted by molar-refractivity contribution is 1.16. The Morgan fingerprint density at radius 1 is 1.38 bits per heavy atom. The van der Waals surface area contributed by atoms with E-state index in [2.05, 4.69) is 13.2 Å². The molecule has 0 amide bonds. The minimum absolute atomic E-state index is 0.0350. The Morgan fingerprint density at radius 2 is 2.15 bits per heavy atom. The molecule has 0 aromatic heterocycles. The van der Waals surface area contributed by atoms with E-state index in [4.69, 9.17) is 6.94 Å². The summed E-state index contributed by atoms with van der Waals surface area (Å²) in [6, 6.07) is -0.573. The smallest absolute Gasteiger partial charge is 0.156 e. The highest BCUT2D eigenvalue weighted by atomic mass is 14.6. The molecule has 1 nitrogen and oxygen atoms in total. The van der Waals surface area contributed by atoms with Gasteiger partial charge >= 0.3 is 0 Å². The third-order valence-corrected chi connectivity index (χ3v) is 1.74. The van der Waals surface area contributed by atoms with Crippen molar-refractivity contribution in [1.29, 1.82) is 0 Å². The molecule has 0 spiro atoms. The van der Waals surface area contributed by atoms with E-state index in [1.165, 1.54) is 0 Å². The third-order valence-electron chi connectivity index (χ3n) is 1.74. The molecule has 0 unspecified atom stereocenters. The van der Waals surface area contributed by atoms with Crippen molar-refractivity contribution in [3.8, 4) is 0 Å². The highest BCUT2D eigenvalue weighted by molar-refractivity contribution is 5.52. The highest BCUT2D eigenvalue weighted by Gasteiger charge is 2.02. The topological polar surface area (TPSA) is 26.0 Å². The van der Waals surface area contributed by atoms with Gasteiger partial charge in [0.15, 0.2) is 2.82 Å². The minimum Gasteiger partial charge on any atom is -0.398 e. The second-order valence-corrected chi connectivity index (χ2v) is 2.67.